The molecule has 3 heteroatoms. The van der Waals surface area contributed by atoms with Crippen LogP contribution in [-0.2, 0) is 4.79 Å². The number of fused-ring (bicyclic) bond motifs is 2. The number of carbonyl (C=O) groups is 1. The van der Waals surface area contributed by atoms with Crippen molar-refractivity contribution in [1.29, 1.82) is 0 Å². The van der Waals surface area contributed by atoms with Crippen LogP contribution in [0.4, 0.5) is 0 Å². The lowest BCUT2D eigenvalue weighted by Gasteiger charge is -2.59. The topological polar surface area (TPSA) is 57.5 Å². The number of rotatable bonds is 6. The van der Waals surface area contributed by atoms with E-state index in [0.29, 0.717) is 23.8 Å². The molecule has 0 saturated heterocycles. The second-order valence-electron chi connectivity index (χ2n) is 8.86. The molecule has 3 saturated carbocycles. The molecule has 4 rings (SSSR count). The van der Waals surface area contributed by atoms with Gasteiger partial charge < -0.3 is 10.2 Å². The molecule has 0 spiro atoms. The Kier molecular flexibility index (Phi) is 4.87. The van der Waals surface area contributed by atoms with E-state index in [-0.39, 0.29) is 34.5 Å². The van der Waals surface area contributed by atoms with Gasteiger partial charge in [0.2, 0.25) is 0 Å². The lowest BCUT2D eigenvalue weighted by atomic mass is 9.44. The Hall–Kier alpha value is -1.51. The normalized spacial score (nSPS) is 28.5. The van der Waals surface area contributed by atoms with Crippen LogP contribution >= 0.6 is 0 Å². The Morgan fingerprint density at radius 2 is 1.84 bits per heavy atom. The van der Waals surface area contributed by atoms with Gasteiger partial charge in [0.1, 0.15) is 17.3 Å². The van der Waals surface area contributed by atoms with Gasteiger partial charge in [-0.15, -0.1) is 0 Å². The molecule has 3 aliphatic carbocycles. The van der Waals surface area contributed by atoms with Gasteiger partial charge in [0.15, 0.2) is 0 Å². The fourth-order valence-corrected chi connectivity index (χ4v) is 5.17. The number of benzene rings is 1. The van der Waals surface area contributed by atoms with Gasteiger partial charge in [0.05, 0.1) is 0 Å². The van der Waals surface area contributed by atoms with E-state index in [2.05, 4.69) is 27.7 Å². The van der Waals surface area contributed by atoms with E-state index in [1.165, 1.54) is 12.8 Å². The first-order valence-corrected chi connectivity index (χ1v) is 9.85. The predicted molar refractivity (Wildman–Crippen MR) is 100 cm³/mol. The van der Waals surface area contributed by atoms with Crippen LogP contribution in [0.25, 0.3) is 0 Å². The number of hydrogen-bond acceptors (Lipinski definition) is 3. The van der Waals surface area contributed by atoms with E-state index in [1.807, 2.05) is 12.1 Å². The van der Waals surface area contributed by atoms with Gasteiger partial charge in [-0.05, 0) is 47.8 Å². The summed E-state index contributed by atoms with van der Waals surface area (Å²) in [7, 11) is 0. The monoisotopic (exact) mass is 344 g/mol. The molecule has 0 radical (unpaired) electrons. The molecule has 2 bridgehead atoms. The molecular weight excluding hydrogens is 312 g/mol. The lowest BCUT2D eigenvalue weighted by molar-refractivity contribution is -0.151. The van der Waals surface area contributed by atoms with Gasteiger partial charge in [0, 0.05) is 23.8 Å². The SMILES string of the molecule is CCCCCC(C)c1cc(O)c(C2CC(=O)C3CC2C3(C)C)c(O)c1. The molecule has 0 aliphatic heterocycles. The fraction of sp³-hybridized carbons (Fsp3) is 0.682. The standard InChI is InChI=1S/C22H32O3/c1-5-6-7-8-13(2)14-9-19(24)21(20(25)10-14)15-11-18(23)17-12-16(15)22(17,3)4/h9-10,13,15-17,24-25H,5-8,11-12H2,1-4H3. The molecule has 3 fully saturated rings. The average Bonchev–Trinajstić information content (AvgIpc) is 2.53. The van der Waals surface area contributed by atoms with Crippen molar-refractivity contribution in [3.63, 3.8) is 0 Å². The van der Waals surface area contributed by atoms with Gasteiger partial charge in [-0.1, -0.05) is 47.0 Å². The van der Waals surface area contributed by atoms with Crippen LogP contribution in [0.1, 0.15) is 89.2 Å². The molecular formula is C22H32O3. The smallest absolute Gasteiger partial charge is 0.137 e. The van der Waals surface area contributed by atoms with Crippen molar-refractivity contribution in [3.05, 3.63) is 23.3 Å². The third kappa shape index (κ3) is 3.07. The Balaban J connectivity index is 1.85. The average molecular weight is 344 g/mol. The zero-order valence-electron chi connectivity index (χ0n) is 16.0. The molecule has 25 heavy (non-hydrogen) atoms. The van der Waals surface area contributed by atoms with Crippen LogP contribution in [0.5, 0.6) is 11.5 Å². The van der Waals surface area contributed by atoms with E-state index >= 15 is 0 Å². The maximum Gasteiger partial charge on any atom is 0.137 e. The van der Waals surface area contributed by atoms with Gasteiger partial charge >= 0.3 is 0 Å². The third-order valence-corrected chi connectivity index (χ3v) is 6.98. The Morgan fingerprint density at radius 3 is 2.36 bits per heavy atom. The summed E-state index contributed by atoms with van der Waals surface area (Å²) in [4.78, 5) is 12.4. The highest BCUT2D eigenvalue weighted by Crippen LogP contribution is 2.64. The van der Waals surface area contributed by atoms with Gasteiger partial charge in [-0.3, -0.25) is 4.79 Å². The van der Waals surface area contributed by atoms with E-state index < -0.39 is 0 Å². The van der Waals surface area contributed by atoms with E-state index in [9.17, 15) is 15.0 Å². The van der Waals surface area contributed by atoms with Crippen LogP contribution < -0.4 is 0 Å². The van der Waals surface area contributed by atoms with Crippen molar-refractivity contribution < 1.29 is 15.0 Å². The fourth-order valence-electron chi connectivity index (χ4n) is 5.17. The van der Waals surface area contributed by atoms with Crippen LogP contribution in [-0.4, -0.2) is 16.0 Å². The number of unbranched alkanes of at least 4 members (excludes halogenated alkanes) is 2. The minimum atomic E-state index is -0.0584. The summed E-state index contributed by atoms with van der Waals surface area (Å²) in [5, 5.41) is 21.3. The zero-order chi connectivity index (χ0) is 18.4. The molecule has 2 N–H and O–H groups in total. The number of carbonyl (C=O) groups excluding carboxylic acids is 1. The van der Waals surface area contributed by atoms with E-state index in [0.717, 1.165) is 24.8 Å². The third-order valence-electron chi connectivity index (χ3n) is 6.98. The minimum Gasteiger partial charge on any atom is -0.508 e. The van der Waals surface area contributed by atoms with Crippen molar-refractivity contribution in [2.24, 2.45) is 17.3 Å². The number of hydrogen-bond donors (Lipinski definition) is 2. The highest BCUT2D eigenvalue weighted by molar-refractivity contribution is 5.86. The summed E-state index contributed by atoms with van der Waals surface area (Å²) >= 11 is 0. The minimum absolute atomic E-state index is 0.0228. The van der Waals surface area contributed by atoms with Crippen LogP contribution in [0.2, 0.25) is 0 Å². The van der Waals surface area contributed by atoms with Gasteiger partial charge in [0.25, 0.3) is 0 Å². The molecule has 0 aromatic heterocycles. The molecule has 1 aromatic carbocycles. The number of phenols is 2. The second kappa shape index (κ2) is 6.66. The summed E-state index contributed by atoms with van der Waals surface area (Å²) in [5.74, 6) is 1.39. The highest BCUT2D eigenvalue weighted by atomic mass is 16.3. The first-order valence-electron chi connectivity index (χ1n) is 9.85. The number of aromatic hydroxyl groups is 2. The maximum atomic E-state index is 12.4. The maximum absolute atomic E-state index is 12.4. The quantitative estimate of drug-likeness (QED) is 0.670. The highest BCUT2D eigenvalue weighted by Gasteiger charge is 2.59. The number of phenolic OH excluding ortho intramolecular Hbond substituents is 2. The summed E-state index contributed by atoms with van der Waals surface area (Å²) in [6.45, 7) is 8.63. The first-order chi connectivity index (χ1) is 11.8. The molecule has 1 aromatic rings. The molecule has 3 aliphatic rings. The van der Waals surface area contributed by atoms with Crippen LogP contribution in [0.3, 0.4) is 0 Å². The largest absolute Gasteiger partial charge is 0.508 e. The van der Waals surface area contributed by atoms with Crippen LogP contribution in [0.15, 0.2) is 12.1 Å². The Labute approximate surface area is 151 Å². The molecule has 138 valence electrons. The van der Waals surface area contributed by atoms with Crippen molar-refractivity contribution in [2.75, 3.05) is 0 Å². The van der Waals surface area contributed by atoms with Gasteiger partial charge in [-0.25, -0.2) is 0 Å². The van der Waals surface area contributed by atoms with Crippen molar-refractivity contribution in [2.45, 2.75) is 78.1 Å². The predicted octanol–water partition coefficient (Wildman–Crippen LogP) is 5.50. The van der Waals surface area contributed by atoms with E-state index in [4.69, 9.17) is 0 Å². The Morgan fingerprint density at radius 1 is 1.20 bits per heavy atom. The zero-order valence-corrected chi connectivity index (χ0v) is 16.0. The summed E-state index contributed by atoms with van der Waals surface area (Å²) in [6, 6.07) is 3.63. The molecule has 4 unspecified atom stereocenters. The van der Waals surface area contributed by atoms with Crippen LogP contribution in [0, 0.1) is 17.3 Å². The molecule has 3 nitrogen and oxygen atoms in total. The van der Waals surface area contributed by atoms with E-state index in [1.54, 1.807) is 0 Å². The van der Waals surface area contributed by atoms with Crippen molar-refractivity contribution in [1.82, 2.24) is 0 Å². The molecule has 4 atom stereocenters. The second-order valence-corrected chi connectivity index (χ2v) is 8.86. The number of ketones is 1. The first kappa shape index (κ1) is 18.3. The van der Waals surface area contributed by atoms with Gasteiger partial charge in [-0.2, -0.15) is 0 Å². The molecule has 0 heterocycles. The summed E-state index contributed by atoms with van der Waals surface area (Å²) in [5.41, 5.74) is 1.56. The molecule has 0 amide bonds. The van der Waals surface area contributed by atoms with Crippen molar-refractivity contribution >= 4 is 5.78 Å². The summed E-state index contributed by atoms with van der Waals surface area (Å²) < 4.78 is 0. The number of Topliss-reactive ketones (excluding diaryl/α,β-unsaturated/α-hetero) is 1. The lowest BCUT2D eigenvalue weighted by Crippen LogP contribution is -2.56. The Bertz CT molecular complexity index is 638. The summed E-state index contributed by atoms with van der Waals surface area (Å²) in [6.07, 6.45) is 5.97. The van der Waals surface area contributed by atoms with Crippen molar-refractivity contribution in [3.8, 4) is 11.5 Å².